The zero-order valence-electron chi connectivity index (χ0n) is 8.02. The predicted octanol–water partition coefficient (Wildman–Crippen LogP) is 2.46. The number of halogens is 1. The highest BCUT2D eigenvalue weighted by Crippen LogP contribution is 2.32. The number of hydrogen-bond donors (Lipinski definition) is 1. The van der Waals surface area contributed by atoms with Crippen molar-refractivity contribution in [2.75, 3.05) is 7.11 Å². The Hall–Kier alpha value is -0.730. The first-order valence-corrected chi connectivity index (χ1v) is 4.43. The molecule has 1 N–H and O–H groups in total. The summed E-state index contributed by atoms with van der Waals surface area (Å²) in [5.41, 5.74) is 2.64. The monoisotopic (exact) mass is 200 g/mol. The Morgan fingerprint density at radius 1 is 1.46 bits per heavy atom. The van der Waals surface area contributed by atoms with Crippen molar-refractivity contribution >= 4 is 11.6 Å². The molecule has 0 fully saturated rings. The van der Waals surface area contributed by atoms with Crippen LogP contribution in [0.2, 0.25) is 5.02 Å². The number of aliphatic hydroxyl groups is 1. The van der Waals surface area contributed by atoms with E-state index >= 15 is 0 Å². The minimum atomic E-state index is -0.0208. The lowest BCUT2D eigenvalue weighted by atomic mass is 10.0. The van der Waals surface area contributed by atoms with Gasteiger partial charge in [0, 0.05) is 16.1 Å². The van der Waals surface area contributed by atoms with E-state index in [9.17, 15) is 0 Å². The summed E-state index contributed by atoms with van der Waals surface area (Å²) in [6.45, 7) is 3.76. The molecule has 1 aromatic rings. The third-order valence-corrected chi connectivity index (χ3v) is 2.55. The molecule has 0 aromatic heterocycles. The van der Waals surface area contributed by atoms with Crippen molar-refractivity contribution in [2.45, 2.75) is 20.5 Å². The van der Waals surface area contributed by atoms with E-state index < -0.39 is 0 Å². The molecule has 0 aliphatic rings. The van der Waals surface area contributed by atoms with Crippen molar-refractivity contribution in [3.05, 3.63) is 27.8 Å². The smallest absolute Gasteiger partial charge is 0.129 e. The lowest BCUT2D eigenvalue weighted by Crippen LogP contribution is -1.98. The summed E-state index contributed by atoms with van der Waals surface area (Å²) in [6, 6.07) is 1.84. The van der Waals surface area contributed by atoms with Crippen LogP contribution in [0, 0.1) is 13.8 Å². The van der Waals surface area contributed by atoms with Crippen molar-refractivity contribution in [3.8, 4) is 5.75 Å². The highest BCUT2D eigenvalue weighted by molar-refractivity contribution is 6.31. The van der Waals surface area contributed by atoms with Gasteiger partial charge in [-0.05, 0) is 25.5 Å². The van der Waals surface area contributed by atoms with Gasteiger partial charge in [0.25, 0.3) is 0 Å². The van der Waals surface area contributed by atoms with Gasteiger partial charge < -0.3 is 9.84 Å². The molecule has 0 amide bonds. The van der Waals surface area contributed by atoms with Gasteiger partial charge in [-0.2, -0.15) is 0 Å². The van der Waals surface area contributed by atoms with Gasteiger partial charge in [0.15, 0.2) is 0 Å². The van der Waals surface area contributed by atoms with Crippen LogP contribution >= 0.6 is 11.6 Å². The van der Waals surface area contributed by atoms with E-state index in [0.717, 1.165) is 16.7 Å². The van der Waals surface area contributed by atoms with Crippen LogP contribution in [0.4, 0.5) is 0 Å². The molecule has 2 nitrogen and oxygen atoms in total. The van der Waals surface area contributed by atoms with Crippen LogP contribution in [-0.2, 0) is 6.61 Å². The van der Waals surface area contributed by atoms with Gasteiger partial charge in [-0.25, -0.2) is 0 Å². The highest BCUT2D eigenvalue weighted by atomic mass is 35.5. The summed E-state index contributed by atoms with van der Waals surface area (Å²) in [4.78, 5) is 0. The van der Waals surface area contributed by atoms with E-state index in [0.29, 0.717) is 10.8 Å². The fraction of sp³-hybridized carbons (Fsp3) is 0.400. The van der Waals surface area contributed by atoms with E-state index in [2.05, 4.69) is 0 Å². The molecule has 72 valence electrons. The second kappa shape index (κ2) is 3.99. The number of methoxy groups -OCH3 is 1. The normalized spacial score (nSPS) is 10.2. The first-order chi connectivity index (χ1) is 6.11. The van der Waals surface area contributed by atoms with Crippen molar-refractivity contribution in [1.29, 1.82) is 0 Å². The summed E-state index contributed by atoms with van der Waals surface area (Å²) in [6.07, 6.45) is 0. The molecule has 1 aromatic carbocycles. The minimum Gasteiger partial charge on any atom is -0.496 e. The molecule has 0 radical (unpaired) electrons. The Morgan fingerprint density at radius 3 is 2.54 bits per heavy atom. The molecular formula is C10H13ClO2. The Labute approximate surface area is 83.1 Å². The summed E-state index contributed by atoms with van der Waals surface area (Å²) in [7, 11) is 1.58. The minimum absolute atomic E-state index is 0.0208. The fourth-order valence-corrected chi connectivity index (χ4v) is 1.62. The number of benzene rings is 1. The molecule has 0 bridgehead atoms. The van der Waals surface area contributed by atoms with Crippen LogP contribution < -0.4 is 4.74 Å². The fourth-order valence-electron chi connectivity index (χ4n) is 1.37. The van der Waals surface area contributed by atoms with E-state index in [1.54, 1.807) is 7.11 Å². The zero-order valence-corrected chi connectivity index (χ0v) is 8.77. The Morgan fingerprint density at radius 2 is 2.08 bits per heavy atom. The van der Waals surface area contributed by atoms with E-state index in [1.807, 2.05) is 19.9 Å². The van der Waals surface area contributed by atoms with Gasteiger partial charge in [-0.1, -0.05) is 11.6 Å². The first-order valence-electron chi connectivity index (χ1n) is 4.05. The van der Waals surface area contributed by atoms with E-state index in [-0.39, 0.29) is 6.61 Å². The quantitative estimate of drug-likeness (QED) is 0.795. The highest BCUT2D eigenvalue weighted by Gasteiger charge is 2.11. The number of aliphatic hydroxyl groups excluding tert-OH is 1. The average molecular weight is 201 g/mol. The van der Waals surface area contributed by atoms with Gasteiger partial charge in [-0.3, -0.25) is 0 Å². The average Bonchev–Trinajstić information content (AvgIpc) is 2.10. The zero-order chi connectivity index (χ0) is 10.0. The third-order valence-electron chi connectivity index (χ3n) is 2.15. The summed E-state index contributed by atoms with van der Waals surface area (Å²) >= 11 is 5.97. The van der Waals surface area contributed by atoms with Crippen LogP contribution in [0.1, 0.15) is 16.7 Å². The topological polar surface area (TPSA) is 29.5 Å². The molecule has 0 aliphatic heterocycles. The molecule has 0 saturated heterocycles. The van der Waals surface area contributed by atoms with Crippen molar-refractivity contribution in [3.63, 3.8) is 0 Å². The summed E-state index contributed by atoms with van der Waals surface area (Å²) < 4.78 is 5.18. The maximum absolute atomic E-state index is 9.12. The Balaban J connectivity index is 3.41. The number of hydrogen-bond acceptors (Lipinski definition) is 2. The van der Waals surface area contributed by atoms with Crippen LogP contribution in [0.5, 0.6) is 5.75 Å². The Kier molecular flexibility index (Phi) is 3.17. The third kappa shape index (κ3) is 1.79. The van der Waals surface area contributed by atoms with E-state index in [1.165, 1.54) is 0 Å². The Bertz CT molecular complexity index is 321. The second-order valence-electron chi connectivity index (χ2n) is 2.97. The van der Waals surface area contributed by atoms with Crippen LogP contribution in [0.25, 0.3) is 0 Å². The number of rotatable bonds is 2. The molecular weight excluding hydrogens is 188 g/mol. The van der Waals surface area contributed by atoms with Crippen LogP contribution in [0.3, 0.4) is 0 Å². The van der Waals surface area contributed by atoms with Crippen LogP contribution in [0.15, 0.2) is 6.07 Å². The molecule has 0 saturated carbocycles. The molecule has 0 unspecified atom stereocenters. The second-order valence-corrected chi connectivity index (χ2v) is 3.38. The molecule has 0 atom stereocenters. The van der Waals surface area contributed by atoms with Crippen molar-refractivity contribution < 1.29 is 9.84 Å². The predicted molar refractivity (Wildman–Crippen MR) is 53.4 cm³/mol. The summed E-state index contributed by atoms with van der Waals surface area (Å²) in [5, 5.41) is 9.80. The van der Waals surface area contributed by atoms with Gasteiger partial charge in [0.2, 0.25) is 0 Å². The first kappa shape index (κ1) is 10.4. The van der Waals surface area contributed by atoms with E-state index in [4.69, 9.17) is 21.4 Å². The molecule has 13 heavy (non-hydrogen) atoms. The lowest BCUT2D eigenvalue weighted by molar-refractivity contribution is 0.272. The molecule has 0 spiro atoms. The van der Waals surface area contributed by atoms with Gasteiger partial charge in [0.1, 0.15) is 5.75 Å². The van der Waals surface area contributed by atoms with Gasteiger partial charge >= 0.3 is 0 Å². The molecule has 0 heterocycles. The molecule has 3 heteroatoms. The van der Waals surface area contributed by atoms with Crippen molar-refractivity contribution in [2.24, 2.45) is 0 Å². The van der Waals surface area contributed by atoms with Crippen molar-refractivity contribution in [1.82, 2.24) is 0 Å². The van der Waals surface area contributed by atoms with Gasteiger partial charge in [-0.15, -0.1) is 0 Å². The number of aryl methyl sites for hydroxylation is 1. The largest absolute Gasteiger partial charge is 0.496 e. The lowest BCUT2D eigenvalue weighted by Gasteiger charge is -2.13. The van der Waals surface area contributed by atoms with Gasteiger partial charge in [0.05, 0.1) is 13.7 Å². The maximum atomic E-state index is 9.12. The standard InChI is InChI=1S/C10H13ClO2/c1-6-4-9(11)7(2)10(13-3)8(6)5-12/h4,12H,5H2,1-3H3. The van der Waals surface area contributed by atoms with Crippen LogP contribution in [-0.4, -0.2) is 12.2 Å². The molecule has 1 rings (SSSR count). The number of ether oxygens (including phenoxy) is 1. The maximum Gasteiger partial charge on any atom is 0.129 e. The SMILES string of the molecule is COc1c(C)c(Cl)cc(C)c1CO. The molecule has 0 aliphatic carbocycles. The summed E-state index contributed by atoms with van der Waals surface area (Å²) in [5.74, 6) is 0.688.